The summed E-state index contributed by atoms with van der Waals surface area (Å²) in [6.45, 7) is 3.80. The fourth-order valence-electron chi connectivity index (χ4n) is 2.04. The van der Waals surface area contributed by atoms with Crippen LogP contribution in [-0.4, -0.2) is 36.2 Å². The summed E-state index contributed by atoms with van der Waals surface area (Å²) in [7, 11) is 1.25. The van der Waals surface area contributed by atoms with Crippen LogP contribution in [-0.2, 0) is 20.7 Å². The molecular formula is C16H22ClNO4. The maximum absolute atomic E-state index is 12.0. The highest BCUT2D eigenvalue weighted by Crippen LogP contribution is 2.17. The third-order valence-corrected chi connectivity index (χ3v) is 3.55. The van der Waals surface area contributed by atoms with Gasteiger partial charge in [-0.05, 0) is 24.0 Å². The molecule has 0 aliphatic heterocycles. The molecule has 0 spiro atoms. The van der Waals surface area contributed by atoms with Gasteiger partial charge in [-0.1, -0.05) is 43.6 Å². The summed E-state index contributed by atoms with van der Waals surface area (Å²) in [4.78, 5) is 23.8. The average Bonchev–Trinajstić information content (AvgIpc) is 2.47. The Labute approximate surface area is 135 Å². The van der Waals surface area contributed by atoms with E-state index in [-0.39, 0.29) is 12.3 Å². The molecule has 2 N–H and O–H groups in total. The van der Waals surface area contributed by atoms with Crippen molar-refractivity contribution in [3.05, 3.63) is 34.9 Å². The van der Waals surface area contributed by atoms with E-state index < -0.39 is 24.0 Å². The normalized spacial score (nSPS) is 13.5. The van der Waals surface area contributed by atoms with Gasteiger partial charge in [0.2, 0.25) is 5.91 Å². The molecule has 0 heterocycles. The van der Waals surface area contributed by atoms with Crippen LogP contribution >= 0.6 is 11.6 Å². The fraction of sp³-hybridized carbons (Fsp3) is 0.500. The van der Waals surface area contributed by atoms with Gasteiger partial charge < -0.3 is 15.2 Å². The summed E-state index contributed by atoms with van der Waals surface area (Å²) >= 11 is 6.07. The van der Waals surface area contributed by atoms with Crippen LogP contribution in [0.15, 0.2) is 24.3 Å². The first-order chi connectivity index (χ1) is 10.3. The summed E-state index contributed by atoms with van der Waals surface area (Å²) < 4.78 is 4.71. The standard InChI is InChI=1S/C16H22ClNO4/c1-10(2)8-14(19)15(20)18-13(16(21)22-3)9-11-6-4-5-7-12(11)17/h4-7,10,13-14,19H,8-9H2,1-3H3,(H,18,20)/t13-,14-/m1/s1. The molecular weight excluding hydrogens is 306 g/mol. The molecule has 22 heavy (non-hydrogen) atoms. The van der Waals surface area contributed by atoms with E-state index in [9.17, 15) is 14.7 Å². The third-order valence-electron chi connectivity index (χ3n) is 3.18. The Morgan fingerprint density at radius 3 is 2.50 bits per heavy atom. The number of rotatable bonds is 7. The first-order valence-electron chi connectivity index (χ1n) is 7.14. The maximum atomic E-state index is 12.0. The van der Waals surface area contributed by atoms with E-state index in [1.165, 1.54) is 7.11 Å². The summed E-state index contributed by atoms with van der Waals surface area (Å²) in [6.07, 6.45) is -0.628. The van der Waals surface area contributed by atoms with Crippen molar-refractivity contribution in [1.82, 2.24) is 5.32 Å². The molecule has 0 saturated heterocycles. The molecule has 0 aromatic heterocycles. The Balaban J connectivity index is 2.79. The predicted molar refractivity (Wildman–Crippen MR) is 84.6 cm³/mol. The van der Waals surface area contributed by atoms with Gasteiger partial charge in [0.25, 0.3) is 0 Å². The zero-order valence-electron chi connectivity index (χ0n) is 13.0. The molecule has 6 heteroatoms. The minimum atomic E-state index is -1.15. The van der Waals surface area contributed by atoms with Crippen molar-refractivity contribution in [1.29, 1.82) is 0 Å². The van der Waals surface area contributed by atoms with Crippen LogP contribution in [0.2, 0.25) is 5.02 Å². The minimum absolute atomic E-state index is 0.167. The average molecular weight is 328 g/mol. The molecule has 0 aliphatic carbocycles. The maximum Gasteiger partial charge on any atom is 0.328 e. The van der Waals surface area contributed by atoms with Gasteiger partial charge in [0.15, 0.2) is 0 Å². The van der Waals surface area contributed by atoms with Gasteiger partial charge in [0.1, 0.15) is 12.1 Å². The first kappa shape index (κ1) is 18.5. The highest BCUT2D eigenvalue weighted by molar-refractivity contribution is 6.31. The van der Waals surface area contributed by atoms with Crippen molar-refractivity contribution in [2.24, 2.45) is 5.92 Å². The van der Waals surface area contributed by atoms with Crippen LogP contribution in [0.4, 0.5) is 0 Å². The number of amides is 1. The van der Waals surface area contributed by atoms with Crippen LogP contribution < -0.4 is 5.32 Å². The van der Waals surface area contributed by atoms with E-state index in [1.807, 2.05) is 13.8 Å². The number of esters is 1. The molecule has 0 saturated carbocycles. The predicted octanol–water partition coefficient (Wildman–Crippen LogP) is 1.95. The summed E-state index contributed by atoms with van der Waals surface area (Å²) in [5.41, 5.74) is 0.721. The second kappa shape index (κ2) is 8.76. The number of methoxy groups -OCH3 is 1. The quantitative estimate of drug-likeness (QED) is 0.751. The van der Waals surface area contributed by atoms with Crippen LogP contribution in [0.1, 0.15) is 25.8 Å². The van der Waals surface area contributed by atoms with Crippen molar-refractivity contribution >= 4 is 23.5 Å². The molecule has 0 aliphatic rings. The summed E-state index contributed by atoms with van der Waals surface area (Å²) in [5, 5.41) is 12.9. The number of hydrogen-bond acceptors (Lipinski definition) is 4. The molecule has 122 valence electrons. The van der Waals surface area contributed by atoms with Crippen molar-refractivity contribution in [3.8, 4) is 0 Å². The Morgan fingerprint density at radius 1 is 1.32 bits per heavy atom. The number of nitrogens with one attached hydrogen (secondary N) is 1. The minimum Gasteiger partial charge on any atom is -0.467 e. The fourth-order valence-corrected chi connectivity index (χ4v) is 2.25. The van der Waals surface area contributed by atoms with Crippen molar-refractivity contribution < 1.29 is 19.4 Å². The third kappa shape index (κ3) is 5.66. The molecule has 2 atom stereocenters. The lowest BCUT2D eigenvalue weighted by molar-refractivity contribution is -0.146. The van der Waals surface area contributed by atoms with Gasteiger partial charge in [0, 0.05) is 11.4 Å². The Hall–Kier alpha value is -1.59. The number of carbonyl (C=O) groups is 2. The zero-order valence-corrected chi connectivity index (χ0v) is 13.8. The van der Waals surface area contributed by atoms with Crippen LogP contribution in [0.5, 0.6) is 0 Å². The lowest BCUT2D eigenvalue weighted by Gasteiger charge is -2.20. The number of aliphatic hydroxyl groups is 1. The molecule has 0 bridgehead atoms. The highest BCUT2D eigenvalue weighted by atomic mass is 35.5. The molecule has 5 nitrogen and oxygen atoms in total. The van der Waals surface area contributed by atoms with Crippen LogP contribution in [0, 0.1) is 5.92 Å². The molecule has 1 aromatic carbocycles. The van der Waals surface area contributed by atoms with E-state index in [1.54, 1.807) is 24.3 Å². The van der Waals surface area contributed by atoms with Gasteiger partial charge >= 0.3 is 5.97 Å². The van der Waals surface area contributed by atoms with E-state index in [4.69, 9.17) is 16.3 Å². The number of hydrogen-bond donors (Lipinski definition) is 2. The van der Waals surface area contributed by atoms with Crippen molar-refractivity contribution in [3.63, 3.8) is 0 Å². The second-order valence-corrected chi connectivity index (χ2v) is 5.93. The Kier molecular flexibility index (Phi) is 7.35. The van der Waals surface area contributed by atoms with Gasteiger partial charge in [-0.15, -0.1) is 0 Å². The molecule has 0 radical (unpaired) electrons. The SMILES string of the molecule is COC(=O)[C@@H](Cc1ccccc1Cl)NC(=O)[C@H](O)CC(C)C. The number of halogens is 1. The lowest BCUT2D eigenvalue weighted by Crippen LogP contribution is -2.47. The first-order valence-corrected chi connectivity index (χ1v) is 7.52. The smallest absolute Gasteiger partial charge is 0.328 e. The van der Waals surface area contributed by atoms with Crippen LogP contribution in [0.3, 0.4) is 0 Å². The zero-order chi connectivity index (χ0) is 16.7. The molecule has 1 aromatic rings. The summed E-state index contributed by atoms with van der Waals surface area (Å²) in [6, 6.07) is 6.17. The summed E-state index contributed by atoms with van der Waals surface area (Å²) in [5.74, 6) is -0.998. The Bertz CT molecular complexity index is 519. The van der Waals surface area contributed by atoms with Crippen molar-refractivity contribution in [2.45, 2.75) is 38.8 Å². The van der Waals surface area contributed by atoms with Gasteiger partial charge in [-0.2, -0.15) is 0 Å². The number of aliphatic hydroxyl groups excluding tert-OH is 1. The monoisotopic (exact) mass is 327 g/mol. The largest absolute Gasteiger partial charge is 0.467 e. The number of ether oxygens (including phenoxy) is 1. The molecule has 1 amide bonds. The lowest BCUT2D eigenvalue weighted by atomic mass is 10.0. The second-order valence-electron chi connectivity index (χ2n) is 5.53. The van der Waals surface area contributed by atoms with Crippen LogP contribution in [0.25, 0.3) is 0 Å². The van der Waals surface area contributed by atoms with Crippen molar-refractivity contribution in [2.75, 3.05) is 7.11 Å². The van der Waals surface area contributed by atoms with E-state index >= 15 is 0 Å². The van der Waals surface area contributed by atoms with Gasteiger partial charge in [-0.3, -0.25) is 4.79 Å². The van der Waals surface area contributed by atoms with E-state index in [2.05, 4.69) is 5.32 Å². The number of benzene rings is 1. The highest BCUT2D eigenvalue weighted by Gasteiger charge is 2.26. The topological polar surface area (TPSA) is 75.6 Å². The number of carbonyl (C=O) groups excluding carboxylic acids is 2. The molecule has 0 unspecified atom stereocenters. The van der Waals surface area contributed by atoms with E-state index in [0.29, 0.717) is 11.4 Å². The molecule has 0 fully saturated rings. The van der Waals surface area contributed by atoms with Gasteiger partial charge in [-0.25, -0.2) is 4.79 Å². The van der Waals surface area contributed by atoms with Gasteiger partial charge in [0.05, 0.1) is 7.11 Å². The molecule has 1 rings (SSSR count). The Morgan fingerprint density at radius 2 is 1.95 bits per heavy atom. The van der Waals surface area contributed by atoms with E-state index in [0.717, 1.165) is 5.56 Å².